The molecule has 0 spiro atoms. The average molecular weight is 90.1 g/mol. The molecule has 0 atom stereocenters. The molecule has 0 aliphatic heterocycles. The molecular weight excluding hydrogens is 84.0 g/mol. The minimum Gasteiger partial charge on any atom is -0.508 e. The summed E-state index contributed by atoms with van der Waals surface area (Å²) in [5, 5.41) is 15.9. The molecule has 3 heteroatoms. The van der Waals surface area contributed by atoms with E-state index in [-0.39, 0.29) is 0 Å². The topological polar surface area (TPSA) is 49.7 Å². The molecule has 0 aromatic rings. The minimum absolute atomic E-state index is 0.472. The van der Waals surface area contributed by atoms with Crippen molar-refractivity contribution in [1.29, 1.82) is 0 Å². The van der Waals surface area contributed by atoms with Crippen molar-refractivity contribution >= 4 is 0 Å². The highest BCUT2D eigenvalue weighted by Gasteiger charge is 1.78. The Balaban J connectivity index is 3.22. The molecule has 36 valence electrons. The average Bonchev–Trinajstić information content (AvgIpc) is 1.65. The van der Waals surface area contributed by atoms with E-state index in [0.29, 0.717) is 6.26 Å². The zero-order chi connectivity index (χ0) is 4.99. The largest absolute Gasteiger partial charge is 0.508 e. The molecule has 0 saturated carbocycles. The lowest BCUT2D eigenvalue weighted by molar-refractivity contribution is 0.122. The normalized spacial score (nSPS) is 11.2. The van der Waals surface area contributed by atoms with Crippen molar-refractivity contribution in [2.24, 2.45) is 0 Å². The van der Waals surface area contributed by atoms with Gasteiger partial charge in [0, 0.05) is 0 Å². The molecule has 0 saturated heterocycles. The quantitative estimate of drug-likeness (QED) is 0.462. The predicted molar refractivity (Wildman–Crippen MR) is 20.3 cm³/mol. The van der Waals surface area contributed by atoms with Gasteiger partial charge in [0.15, 0.2) is 6.26 Å². The van der Waals surface area contributed by atoms with Crippen LogP contribution in [0.5, 0.6) is 0 Å². The van der Waals surface area contributed by atoms with E-state index >= 15 is 0 Å². The van der Waals surface area contributed by atoms with Gasteiger partial charge in [-0.15, -0.1) is 0 Å². The molecular formula is C3H6O3. The lowest BCUT2D eigenvalue weighted by atomic mass is 11.0. The second-order valence-electron chi connectivity index (χ2n) is 0.671. The number of hydrogen-bond donors (Lipinski definition) is 2. The highest BCUT2D eigenvalue weighted by Crippen LogP contribution is 1.80. The third kappa shape index (κ3) is 1.46. The van der Waals surface area contributed by atoms with E-state index < -0.39 is 5.95 Å². The van der Waals surface area contributed by atoms with E-state index in [1.807, 2.05) is 0 Å². The Bertz CT molecular complexity index is 57.1. The van der Waals surface area contributed by atoms with Crippen molar-refractivity contribution in [3.8, 4) is 0 Å². The summed E-state index contributed by atoms with van der Waals surface area (Å²) < 4.78 is 4.07. The maximum atomic E-state index is 8.06. The number of aliphatic hydroxyl groups is 2. The molecule has 0 aliphatic carbocycles. The zero-order valence-electron chi connectivity index (χ0n) is 3.38. The van der Waals surface area contributed by atoms with Crippen LogP contribution >= 0.6 is 0 Å². The van der Waals surface area contributed by atoms with Crippen LogP contribution < -0.4 is 0 Å². The van der Waals surface area contributed by atoms with Crippen LogP contribution in [0.25, 0.3) is 0 Å². The second kappa shape index (κ2) is 2.38. The summed E-state index contributed by atoms with van der Waals surface area (Å²) in [5.74, 6) is -0.477. The SMILES string of the molecule is CO/C(O)=C/O. The van der Waals surface area contributed by atoms with Gasteiger partial charge in [0.1, 0.15) is 0 Å². The fourth-order valence-corrected chi connectivity index (χ4v) is 0.0527. The van der Waals surface area contributed by atoms with Gasteiger partial charge in [-0.25, -0.2) is 0 Å². The first-order valence-electron chi connectivity index (χ1n) is 1.38. The third-order valence-corrected chi connectivity index (χ3v) is 0.320. The van der Waals surface area contributed by atoms with Crippen molar-refractivity contribution in [2.45, 2.75) is 0 Å². The van der Waals surface area contributed by atoms with E-state index in [9.17, 15) is 0 Å². The van der Waals surface area contributed by atoms with E-state index in [1.54, 1.807) is 0 Å². The van der Waals surface area contributed by atoms with Gasteiger partial charge in [0.25, 0.3) is 0 Å². The molecule has 0 aliphatic rings. The van der Waals surface area contributed by atoms with Gasteiger partial charge >= 0.3 is 5.95 Å². The Morgan fingerprint density at radius 3 is 2.33 bits per heavy atom. The van der Waals surface area contributed by atoms with Gasteiger partial charge in [0.2, 0.25) is 0 Å². The third-order valence-electron chi connectivity index (χ3n) is 0.320. The van der Waals surface area contributed by atoms with Crippen LogP contribution in [0.3, 0.4) is 0 Å². The van der Waals surface area contributed by atoms with Crippen LogP contribution in [0.4, 0.5) is 0 Å². The van der Waals surface area contributed by atoms with Crippen LogP contribution in [0.15, 0.2) is 12.2 Å². The molecule has 0 heterocycles. The number of aliphatic hydroxyl groups excluding tert-OH is 2. The first kappa shape index (κ1) is 5.14. The first-order valence-corrected chi connectivity index (χ1v) is 1.38. The first-order chi connectivity index (χ1) is 2.81. The zero-order valence-corrected chi connectivity index (χ0v) is 3.38. The molecule has 6 heavy (non-hydrogen) atoms. The minimum atomic E-state index is -0.477. The number of rotatable bonds is 1. The Kier molecular flexibility index (Phi) is 2.04. The summed E-state index contributed by atoms with van der Waals surface area (Å²) >= 11 is 0. The highest BCUT2D eigenvalue weighted by molar-refractivity contribution is 4.66. The summed E-state index contributed by atoms with van der Waals surface area (Å²) in [4.78, 5) is 0. The number of ether oxygens (including phenoxy) is 1. The molecule has 0 aromatic carbocycles. The maximum absolute atomic E-state index is 8.06. The van der Waals surface area contributed by atoms with Gasteiger partial charge < -0.3 is 14.9 Å². The van der Waals surface area contributed by atoms with E-state index in [4.69, 9.17) is 10.2 Å². The van der Waals surface area contributed by atoms with Crippen LogP contribution in [-0.4, -0.2) is 17.3 Å². The summed E-state index contributed by atoms with van der Waals surface area (Å²) in [7, 11) is 1.25. The number of methoxy groups -OCH3 is 1. The van der Waals surface area contributed by atoms with Crippen molar-refractivity contribution < 1.29 is 14.9 Å². The van der Waals surface area contributed by atoms with Gasteiger partial charge in [-0.1, -0.05) is 0 Å². The molecule has 0 bridgehead atoms. The summed E-state index contributed by atoms with van der Waals surface area (Å²) in [5.41, 5.74) is 0. The Hall–Kier alpha value is -0.860. The van der Waals surface area contributed by atoms with Crippen LogP contribution in [0.2, 0.25) is 0 Å². The van der Waals surface area contributed by atoms with E-state index in [2.05, 4.69) is 4.74 Å². The van der Waals surface area contributed by atoms with E-state index in [0.717, 1.165) is 0 Å². The molecule has 0 amide bonds. The van der Waals surface area contributed by atoms with Crippen LogP contribution in [0, 0.1) is 0 Å². The summed E-state index contributed by atoms with van der Waals surface area (Å²) in [6, 6.07) is 0. The van der Waals surface area contributed by atoms with Crippen molar-refractivity contribution in [3.05, 3.63) is 12.2 Å². The molecule has 0 aromatic heterocycles. The Morgan fingerprint density at radius 1 is 1.83 bits per heavy atom. The van der Waals surface area contributed by atoms with Gasteiger partial charge in [-0.05, 0) is 0 Å². The molecule has 0 rings (SSSR count). The molecule has 2 N–H and O–H groups in total. The second-order valence-corrected chi connectivity index (χ2v) is 0.671. The molecule has 0 fully saturated rings. The lowest BCUT2D eigenvalue weighted by Gasteiger charge is -1.88. The monoisotopic (exact) mass is 90.0 g/mol. The summed E-state index contributed by atoms with van der Waals surface area (Å²) in [6.45, 7) is 0. The van der Waals surface area contributed by atoms with Crippen LogP contribution in [-0.2, 0) is 4.74 Å². The van der Waals surface area contributed by atoms with E-state index in [1.165, 1.54) is 7.11 Å². The molecule has 3 nitrogen and oxygen atoms in total. The smallest absolute Gasteiger partial charge is 0.312 e. The standard InChI is InChI=1S/C3H6O3/c1-6-3(5)2-4/h2,4-5H,1H3/b3-2+. The lowest BCUT2D eigenvalue weighted by Crippen LogP contribution is -1.80. The molecule has 0 radical (unpaired) electrons. The highest BCUT2D eigenvalue weighted by atomic mass is 16.6. The maximum Gasteiger partial charge on any atom is 0.312 e. The summed E-state index contributed by atoms with van der Waals surface area (Å²) in [6.07, 6.45) is 0.472. The van der Waals surface area contributed by atoms with Gasteiger partial charge in [-0.2, -0.15) is 0 Å². The van der Waals surface area contributed by atoms with Gasteiger partial charge in [-0.3, -0.25) is 0 Å². The fraction of sp³-hybridized carbons (Fsp3) is 0.333. The van der Waals surface area contributed by atoms with Crippen LogP contribution in [0.1, 0.15) is 0 Å². The predicted octanol–water partition coefficient (Wildman–Crippen LogP) is 0.548. The van der Waals surface area contributed by atoms with Crippen molar-refractivity contribution in [1.82, 2.24) is 0 Å². The fourth-order valence-electron chi connectivity index (χ4n) is 0.0527. The van der Waals surface area contributed by atoms with Crippen molar-refractivity contribution in [3.63, 3.8) is 0 Å². The van der Waals surface area contributed by atoms with Gasteiger partial charge in [0.05, 0.1) is 7.11 Å². The number of hydrogen-bond acceptors (Lipinski definition) is 3. The Labute approximate surface area is 35.5 Å². The Morgan fingerprint density at radius 2 is 2.33 bits per heavy atom. The molecule has 0 unspecified atom stereocenters. The van der Waals surface area contributed by atoms with Crippen molar-refractivity contribution in [2.75, 3.05) is 7.11 Å².